The molecule has 0 saturated heterocycles. The summed E-state index contributed by atoms with van der Waals surface area (Å²) in [6.07, 6.45) is 1.57. The molecule has 0 aliphatic carbocycles. The van der Waals surface area contributed by atoms with Crippen LogP contribution in [0.25, 0.3) is 10.9 Å². The van der Waals surface area contributed by atoms with Gasteiger partial charge in [-0.05, 0) is 28.1 Å². The largest absolute Gasteiger partial charge is 0.410 e. The SMILES string of the molecule is O/N=C(\Cl)c1cc2cc(Br)cnc2cc1F. The molecular formula is C10H5BrClFN2O. The van der Waals surface area contributed by atoms with E-state index in [-0.39, 0.29) is 10.7 Å². The van der Waals surface area contributed by atoms with Gasteiger partial charge in [0.2, 0.25) is 0 Å². The van der Waals surface area contributed by atoms with Gasteiger partial charge < -0.3 is 5.21 Å². The van der Waals surface area contributed by atoms with Crippen LogP contribution in [-0.4, -0.2) is 15.4 Å². The van der Waals surface area contributed by atoms with Gasteiger partial charge in [-0.2, -0.15) is 0 Å². The van der Waals surface area contributed by atoms with Gasteiger partial charge in [0.05, 0.1) is 11.1 Å². The Bertz CT molecular complexity index is 588. The number of nitrogens with zero attached hydrogens (tertiary/aromatic N) is 2. The molecule has 0 radical (unpaired) electrons. The predicted molar refractivity (Wildman–Crippen MR) is 63.6 cm³/mol. The number of hydrogen-bond acceptors (Lipinski definition) is 3. The smallest absolute Gasteiger partial charge is 0.178 e. The van der Waals surface area contributed by atoms with Crippen LogP contribution in [0.3, 0.4) is 0 Å². The summed E-state index contributed by atoms with van der Waals surface area (Å²) in [6, 6.07) is 4.49. The van der Waals surface area contributed by atoms with Crippen LogP contribution < -0.4 is 0 Å². The first kappa shape index (κ1) is 11.3. The zero-order chi connectivity index (χ0) is 11.7. The zero-order valence-corrected chi connectivity index (χ0v) is 10.1. The van der Waals surface area contributed by atoms with Crippen LogP contribution in [0, 0.1) is 5.82 Å². The summed E-state index contributed by atoms with van der Waals surface area (Å²) in [5.41, 5.74) is 0.545. The lowest BCUT2D eigenvalue weighted by Crippen LogP contribution is -1.97. The molecular weight excluding hydrogens is 298 g/mol. The molecule has 1 aromatic heterocycles. The van der Waals surface area contributed by atoms with E-state index in [1.54, 1.807) is 12.3 Å². The number of aromatic nitrogens is 1. The number of fused-ring (bicyclic) bond motifs is 1. The molecule has 0 aliphatic heterocycles. The third-order valence-electron chi connectivity index (χ3n) is 2.05. The van der Waals surface area contributed by atoms with Crippen LogP contribution in [0.1, 0.15) is 5.56 Å². The highest BCUT2D eigenvalue weighted by molar-refractivity contribution is 9.10. The second kappa shape index (κ2) is 4.35. The third-order valence-corrected chi connectivity index (χ3v) is 2.76. The van der Waals surface area contributed by atoms with E-state index in [9.17, 15) is 4.39 Å². The maximum Gasteiger partial charge on any atom is 0.178 e. The number of benzene rings is 1. The monoisotopic (exact) mass is 302 g/mol. The van der Waals surface area contributed by atoms with Crippen LogP contribution in [0.4, 0.5) is 4.39 Å². The molecule has 82 valence electrons. The van der Waals surface area contributed by atoms with Crippen LogP contribution >= 0.6 is 27.5 Å². The fourth-order valence-electron chi connectivity index (χ4n) is 1.34. The minimum absolute atomic E-state index is 0.0385. The fraction of sp³-hybridized carbons (Fsp3) is 0. The third kappa shape index (κ3) is 2.01. The second-order valence-electron chi connectivity index (χ2n) is 3.07. The van der Waals surface area contributed by atoms with Crippen molar-refractivity contribution in [1.29, 1.82) is 0 Å². The fourth-order valence-corrected chi connectivity index (χ4v) is 1.83. The minimum atomic E-state index is -0.579. The van der Waals surface area contributed by atoms with E-state index < -0.39 is 5.82 Å². The van der Waals surface area contributed by atoms with E-state index in [1.165, 1.54) is 12.1 Å². The molecule has 3 nitrogen and oxygen atoms in total. The summed E-state index contributed by atoms with van der Waals surface area (Å²) in [7, 11) is 0. The Hall–Kier alpha value is -1.20. The van der Waals surface area contributed by atoms with E-state index in [1.807, 2.05) is 0 Å². The average Bonchev–Trinajstić information content (AvgIpc) is 2.28. The van der Waals surface area contributed by atoms with Crippen molar-refractivity contribution in [3.8, 4) is 0 Å². The molecule has 0 aliphatic rings. The van der Waals surface area contributed by atoms with Crippen molar-refractivity contribution in [3.63, 3.8) is 0 Å². The van der Waals surface area contributed by atoms with Crippen molar-refractivity contribution in [2.24, 2.45) is 5.16 Å². The molecule has 1 heterocycles. The molecule has 16 heavy (non-hydrogen) atoms. The first-order chi connectivity index (χ1) is 7.61. The van der Waals surface area contributed by atoms with Gasteiger partial charge >= 0.3 is 0 Å². The van der Waals surface area contributed by atoms with E-state index in [0.717, 1.165) is 4.47 Å². The van der Waals surface area contributed by atoms with Gasteiger partial charge in [0.15, 0.2) is 5.17 Å². The van der Waals surface area contributed by atoms with Crippen molar-refractivity contribution >= 4 is 43.6 Å². The van der Waals surface area contributed by atoms with Gasteiger partial charge in [-0.25, -0.2) is 4.39 Å². The number of halogens is 3. The topological polar surface area (TPSA) is 45.5 Å². The lowest BCUT2D eigenvalue weighted by atomic mass is 10.1. The van der Waals surface area contributed by atoms with Crippen molar-refractivity contribution in [2.75, 3.05) is 0 Å². The molecule has 1 aromatic carbocycles. The van der Waals surface area contributed by atoms with Gasteiger partial charge in [-0.3, -0.25) is 4.98 Å². The van der Waals surface area contributed by atoms with E-state index >= 15 is 0 Å². The van der Waals surface area contributed by atoms with Crippen LogP contribution in [-0.2, 0) is 0 Å². The molecule has 2 aromatic rings. The Morgan fingerprint density at radius 3 is 2.88 bits per heavy atom. The Kier molecular flexibility index (Phi) is 3.07. The molecule has 0 fully saturated rings. The van der Waals surface area contributed by atoms with Crippen molar-refractivity contribution in [3.05, 3.63) is 40.2 Å². The summed E-state index contributed by atoms with van der Waals surface area (Å²) in [4.78, 5) is 4.04. The Balaban J connectivity index is 2.73. The average molecular weight is 304 g/mol. The molecule has 6 heteroatoms. The molecule has 0 atom stereocenters. The van der Waals surface area contributed by atoms with Crippen molar-refractivity contribution in [1.82, 2.24) is 4.98 Å². The van der Waals surface area contributed by atoms with Crippen molar-refractivity contribution in [2.45, 2.75) is 0 Å². The number of rotatable bonds is 1. The molecule has 2 rings (SSSR count). The normalized spacial score (nSPS) is 12.1. The van der Waals surface area contributed by atoms with Crippen LogP contribution in [0.15, 0.2) is 34.0 Å². The predicted octanol–water partition coefficient (Wildman–Crippen LogP) is 3.51. The molecule has 0 saturated carbocycles. The number of oxime groups is 1. The Morgan fingerprint density at radius 1 is 1.44 bits per heavy atom. The highest BCUT2D eigenvalue weighted by Gasteiger charge is 2.10. The first-order valence-electron chi connectivity index (χ1n) is 4.24. The van der Waals surface area contributed by atoms with Crippen LogP contribution in [0.5, 0.6) is 0 Å². The lowest BCUT2D eigenvalue weighted by molar-refractivity contribution is 0.320. The lowest BCUT2D eigenvalue weighted by Gasteiger charge is -2.03. The standard InChI is InChI=1S/C10H5BrClFN2O/c11-6-1-5-2-7(10(12)15-16)8(13)3-9(5)14-4-6/h1-4,16H/b15-10-. The second-order valence-corrected chi connectivity index (χ2v) is 4.34. The summed E-state index contributed by atoms with van der Waals surface area (Å²) in [6.45, 7) is 0. The van der Waals surface area contributed by atoms with Gasteiger partial charge in [-0.15, -0.1) is 0 Å². The zero-order valence-electron chi connectivity index (χ0n) is 7.78. The highest BCUT2D eigenvalue weighted by atomic mass is 79.9. The molecule has 0 bridgehead atoms. The number of hydrogen-bond donors (Lipinski definition) is 1. The van der Waals surface area contributed by atoms with E-state index in [0.29, 0.717) is 10.9 Å². The van der Waals surface area contributed by atoms with Crippen molar-refractivity contribution < 1.29 is 9.60 Å². The molecule has 1 N–H and O–H groups in total. The van der Waals surface area contributed by atoms with Gasteiger partial charge in [0.1, 0.15) is 5.82 Å². The van der Waals surface area contributed by atoms with Gasteiger partial charge in [0, 0.05) is 22.1 Å². The van der Waals surface area contributed by atoms with Gasteiger partial charge in [-0.1, -0.05) is 16.8 Å². The summed E-state index contributed by atoms with van der Waals surface area (Å²) >= 11 is 8.82. The van der Waals surface area contributed by atoms with Crippen LogP contribution in [0.2, 0.25) is 0 Å². The molecule has 0 spiro atoms. The Morgan fingerprint density at radius 2 is 2.19 bits per heavy atom. The van der Waals surface area contributed by atoms with E-state index in [2.05, 4.69) is 26.1 Å². The summed E-state index contributed by atoms with van der Waals surface area (Å²) in [5, 5.41) is 11.7. The first-order valence-corrected chi connectivity index (χ1v) is 5.41. The maximum atomic E-state index is 13.5. The highest BCUT2D eigenvalue weighted by Crippen LogP contribution is 2.22. The maximum absolute atomic E-state index is 13.5. The van der Waals surface area contributed by atoms with E-state index in [4.69, 9.17) is 16.8 Å². The minimum Gasteiger partial charge on any atom is -0.410 e. The molecule has 0 unspecified atom stereocenters. The number of pyridine rings is 1. The summed E-state index contributed by atoms with van der Waals surface area (Å²) in [5.74, 6) is -0.579. The quantitative estimate of drug-likeness (QED) is 0.498. The molecule has 0 amide bonds. The Labute approximate surface area is 104 Å². The summed E-state index contributed by atoms with van der Waals surface area (Å²) < 4.78 is 14.3. The van der Waals surface area contributed by atoms with Gasteiger partial charge in [0.25, 0.3) is 0 Å².